The number of carbonyl (C=O) groups excluding carboxylic acids is 1. The second kappa shape index (κ2) is 7.24. The van der Waals surface area contributed by atoms with E-state index in [4.69, 9.17) is 4.52 Å². The molecule has 0 aliphatic heterocycles. The summed E-state index contributed by atoms with van der Waals surface area (Å²) in [6, 6.07) is 1.65. The van der Waals surface area contributed by atoms with Gasteiger partial charge in [-0.25, -0.2) is 4.98 Å². The van der Waals surface area contributed by atoms with Gasteiger partial charge in [-0.3, -0.25) is 14.2 Å². The Kier molecular flexibility index (Phi) is 5.19. The average molecular weight is 393 g/mol. The first-order valence-electron chi connectivity index (χ1n) is 8.23. The first kappa shape index (κ1) is 18.7. The number of anilines is 1. The smallest absolute Gasteiger partial charge is 0.263 e. The van der Waals surface area contributed by atoms with Crippen molar-refractivity contribution in [3.05, 3.63) is 32.6 Å². The van der Waals surface area contributed by atoms with Crippen molar-refractivity contribution in [3.8, 4) is 0 Å². The van der Waals surface area contributed by atoms with Crippen molar-refractivity contribution in [2.45, 2.75) is 51.6 Å². The monoisotopic (exact) mass is 392 g/mol. The van der Waals surface area contributed by atoms with Crippen LogP contribution in [0.2, 0.25) is 0 Å². The molecule has 0 radical (unpaired) electrons. The van der Waals surface area contributed by atoms with Gasteiger partial charge in [-0.1, -0.05) is 16.9 Å². The maximum absolute atomic E-state index is 12.9. The number of aryl methyl sites for hydroxylation is 3. The first-order chi connectivity index (χ1) is 12.3. The molecule has 1 unspecified atom stereocenters. The van der Waals surface area contributed by atoms with Crippen molar-refractivity contribution < 1.29 is 9.32 Å². The third-order valence-electron chi connectivity index (χ3n) is 4.10. The summed E-state index contributed by atoms with van der Waals surface area (Å²) in [6.07, 6.45) is 0. The van der Waals surface area contributed by atoms with E-state index < -0.39 is 5.25 Å². The summed E-state index contributed by atoms with van der Waals surface area (Å²) in [4.78, 5) is 31.7. The number of hydrogen-bond donors (Lipinski definition) is 1. The molecule has 1 amide bonds. The second-order valence-corrected chi connectivity index (χ2v) is 8.49. The maximum Gasteiger partial charge on any atom is 0.263 e. The molecule has 0 fully saturated rings. The predicted octanol–water partition coefficient (Wildman–Crippen LogP) is 3.51. The quantitative estimate of drug-likeness (QED) is 0.528. The zero-order valence-corrected chi connectivity index (χ0v) is 16.9. The molecule has 0 spiro atoms. The Morgan fingerprint density at radius 2 is 2.15 bits per heavy atom. The third kappa shape index (κ3) is 3.41. The number of aromatic nitrogens is 3. The van der Waals surface area contributed by atoms with Crippen LogP contribution in [-0.4, -0.2) is 25.9 Å². The van der Waals surface area contributed by atoms with Gasteiger partial charge in [0.05, 0.1) is 10.6 Å². The van der Waals surface area contributed by atoms with Gasteiger partial charge in [0.25, 0.3) is 5.56 Å². The Morgan fingerprint density at radius 3 is 2.77 bits per heavy atom. The molecule has 3 aromatic rings. The van der Waals surface area contributed by atoms with Crippen LogP contribution < -0.4 is 10.9 Å². The van der Waals surface area contributed by atoms with Crippen LogP contribution in [0.4, 0.5) is 5.82 Å². The lowest BCUT2D eigenvalue weighted by Crippen LogP contribution is -2.26. The topological polar surface area (TPSA) is 90.0 Å². The Morgan fingerprint density at radius 1 is 1.42 bits per heavy atom. The minimum absolute atomic E-state index is 0.0541. The molecule has 0 saturated carbocycles. The van der Waals surface area contributed by atoms with Crippen molar-refractivity contribution in [1.82, 2.24) is 14.7 Å². The van der Waals surface area contributed by atoms with Crippen molar-refractivity contribution in [2.24, 2.45) is 0 Å². The molecule has 0 bridgehead atoms. The summed E-state index contributed by atoms with van der Waals surface area (Å²) in [5.74, 6) is 0.774. The molecule has 0 aromatic carbocycles. The molecule has 0 aliphatic carbocycles. The van der Waals surface area contributed by atoms with Gasteiger partial charge in [-0.05, 0) is 40.2 Å². The molecule has 3 heterocycles. The summed E-state index contributed by atoms with van der Waals surface area (Å²) in [6.45, 7) is 9.85. The van der Waals surface area contributed by atoms with E-state index in [9.17, 15) is 9.59 Å². The van der Waals surface area contributed by atoms with Crippen LogP contribution >= 0.6 is 23.1 Å². The Balaban J connectivity index is 1.90. The zero-order chi connectivity index (χ0) is 19.0. The molecular formula is C17H20N4O3S2. The van der Waals surface area contributed by atoms with Crippen molar-refractivity contribution in [2.75, 3.05) is 5.32 Å². The molecule has 0 saturated heterocycles. The first-order valence-corrected chi connectivity index (χ1v) is 9.92. The van der Waals surface area contributed by atoms with E-state index in [1.807, 2.05) is 20.8 Å². The highest BCUT2D eigenvalue weighted by atomic mass is 32.2. The summed E-state index contributed by atoms with van der Waals surface area (Å²) < 4.78 is 6.57. The van der Waals surface area contributed by atoms with Crippen LogP contribution in [0.25, 0.3) is 10.2 Å². The van der Waals surface area contributed by atoms with Crippen molar-refractivity contribution in [1.29, 1.82) is 0 Å². The fraction of sp³-hybridized carbons (Fsp3) is 0.412. The lowest BCUT2D eigenvalue weighted by Gasteiger charge is -2.14. The van der Waals surface area contributed by atoms with Gasteiger partial charge in [0.1, 0.15) is 10.6 Å². The molecule has 26 heavy (non-hydrogen) atoms. The number of nitrogens with one attached hydrogen (secondary N) is 1. The Hall–Kier alpha value is -2.13. The number of thiophene rings is 1. The van der Waals surface area contributed by atoms with Crippen LogP contribution in [-0.2, 0) is 11.3 Å². The number of carbonyl (C=O) groups is 1. The fourth-order valence-corrected chi connectivity index (χ4v) is 4.59. The zero-order valence-electron chi connectivity index (χ0n) is 15.2. The van der Waals surface area contributed by atoms with Gasteiger partial charge in [-0.2, -0.15) is 0 Å². The van der Waals surface area contributed by atoms with E-state index in [1.54, 1.807) is 24.5 Å². The number of amides is 1. The highest BCUT2D eigenvalue weighted by molar-refractivity contribution is 8.00. The number of rotatable bonds is 5. The second-order valence-electron chi connectivity index (χ2n) is 5.98. The third-order valence-corrected chi connectivity index (χ3v) is 6.29. The van der Waals surface area contributed by atoms with E-state index in [2.05, 4.69) is 15.5 Å². The number of hydrogen-bond acceptors (Lipinski definition) is 7. The molecule has 138 valence electrons. The fourth-order valence-electron chi connectivity index (χ4n) is 2.54. The van der Waals surface area contributed by atoms with E-state index in [1.165, 1.54) is 23.1 Å². The molecular weight excluding hydrogens is 372 g/mol. The van der Waals surface area contributed by atoms with Gasteiger partial charge in [0, 0.05) is 17.5 Å². The van der Waals surface area contributed by atoms with Crippen LogP contribution in [0.5, 0.6) is 0 Å². The summed E-state index contributed by atoms with van der Waals surface area (Å²) in [5.41, 5.74) is 0.926. The predicted molar refractivity (Wildman–Crippen MR) is 104 cm³/mol. The maximum atomic E-state index is 12.9. The molecule has 7 nitrogen and oxygen atoms in total. The van der Waals surface area contributed by atoms with E-state index in [0.717, 1.165) is 15.3 Å². The molecule has 3 aromatic heterocycles. The normalized spacial score (nSPS) is 12.5. The summed E-state index contributed by atoms with van der Waals surface area (Å²) in [5, 5.41) is 7.24. The molecule has 0 aliphatic rings. The lowest BCUT2D eigenvalue weighted by molar-refractivity contribution is -0.115. The van der Waals surface area contributed by atoms with Gasteiger partial charge < -0.3 is 9.84 Å². The van der Waals surface area contributed by atoms with Gasteiger partial charge in [-0.15, -0.1) is 11.3 Å². The van der Waals surface area contributed by atoms with Crippen LogP contribution in [0.1, 0.15) is 30.0 Å². The minimum Gasteiger partial charge on any atom is -0.360 e. The lowest BCUT2D eigenvalue weighted by atomic mass is 10.2. The van der Waals surface area contributed by atoms with E-state index in [0.29, 0.717) is 28.7 Å². The van der Waals surface area contributed by atoms with Crippen molar-refractivity contribution in [3.63, 3.8) is 0 Å². The van der Waals surface area contributed by atoms with Crippen molar-refractivity contribution >= 4 is 45.0 Å². The average Bonchev–Trinajstić information content (AvgIpc) is 3.11. The van der Waals surface area contributed by atoms with Gasteiger partial charge in [0.2, 0.25) is 5.91 Å². The Labute approximate surface area is 158 Å². The largest absolute Gasteiger partial charge is 0.360 e. The highest BCUT2D eigenvalue weighted by Crippen LogP contribution is 2.29. The molecule has 3 rings (SSSR count). The van der Waals surface area contributed by atoms with Crippen LogP contribution in [0.3, 0.4) is 0 Å². The molecule has 9 heteroatoms. The minimum atomic E-state index is -0.448. The number of thioether (sulfide) groups is 1. The number of fused-ring (bicyclic) bond motifs is 1. The van der Waals surface area contributed by atoms with Crippen LogP contribution in [0, 0.1) is 20.8 Å². The van der Waals surface area contributed by atoms with Gasteiger partial charge in [0.15, 0.2) is 11.0 Å². The summed E-state index contributed by atoms with van der Waals surface area (Å²) >= 11 is 2.77. The molecule has 1 N–H and O–H groups in total. The highest BCUT2D eigenvalue weighted by Gasteiger charge is 2.21. The van der Waals surface area contributed by atoms with Gasteiger partial charge >= 0.3 is 0 Å². The van der Waals surface area contributed by atoms with E-state index in [-0.39, 0.29) is 11.5 Å². The standard InChI is InChI=1S/C17H20N4O3S2/c1-6-21-16(23)13-9(3)10(4)25-15(13)19-17(21)26-11(5)14(22)18-12-7-8(2)24-20-12/h7,11H,6H2,1-5H3,(H,18,20,22). The Bertz CT molecular complexity index is 1030. The molecule has 1 atom stereocenters. The van der Waals surface area contributed by atoms with E-state index >= 15 is 0 Å². The number of nitrogens with zero attached hydrogens (tertiary/aromatic N) is 3. The summed E-state index contributed by atoms with van der Waals surface area (Å²) in [7, 11) is 0. The SMILES string of the molecule is CCn1c(SC(C)C(=O)Nc2cc(C)on2)nc2sc(C)c(C)c2c1=O. The van der Waals surface area contributed by atoms with Crippen LogP contribution in [0.15, 0.2) is 20.5 Å².